The molecule has 9 rings (SSSR count). The number of nitrogens with two attached hydrogens (primary N) is 1. The van der Waals surface area contributed by atoms with E-state index in [2.05, 4.69) is 156 Å². The molecule has 2 aromatic heterocycles. The van der Waals surface area contributed by atoms with E-state index in [0.29, 0.717) is 6.67 Å². The summed E-state index contributed by atoms with van der Waals surface area (Å²) in [4.78, 5) is 5.25. The Morgan fingerprint density at radius 1 is 0.617 bits per heavy atom. The average Bonchev–Trinajstić information content (AvgIpc) is 3.69. The Bertz CT molecular complexity index is 2540. The van der Waals surface area contributed by atoms with Crippen LogP contribution < -0.4 is 5.73 Å². The standard InChI is InChI=1S/C43H34N4/c1-43(2)36-18-7-3-14-30(36)34-25-35-33-17-4-8-19-39(33)46(42(35)26-37(34)43)27-45-38(22-23-44)28-12-11-13-29(24-28)47-40-20-9-5-15-31(40)32-16-6-10-21-41(32)47/h3-26H,27,44H2,1-2H3/b23-22-,45-38?. The fourth-order valence-electron chi connectivity index (χ4n) is 7.88. The van der Waals surface area contributed by atoms with Crippen LogP contribution in [0.2, 0.25) is 0 Å². The van der Waals surface area contributed by atoms with Gasteiger partial charge >= 0.3 is 0 Å². The van der Waals surface area contributed by atoms with Crippen molar-refractivity contribution >= 4 is 49.3 Å². The first-order valence-electron chi connectivity index (χ1n) is 16.2. The first-order valence-corrected chi connectivity index (χ1v) is 16.2. The number of aliphatic imine (C=N–C) groups is 1. The first kappa shape index (κ1) is 27.4. The number of allylic oxidation sites excluding steroid dienone is 1. The highest BCUT2D eigenvalue weighted by Crippen LogP contribution is 2.50. The Kier molecular flexibility index (Phi) is 6.03. The van der Waals surface area contributed by atoms with Gasteiger partial charge in [-0.25, -0.2) is 0 Å². The van der Waals surface area contributed by atoms with E-state index in [9.17, 15) is 0 Å². The van der Waals surface area contributed by atoms with Gasteiger partial charge in [-0.15, -0.1) is 0 Å². The van der Waals surface area contributed by atoms with Gasteiger partial charge in [0.1, 0.15) is 6.67 Å². The largest absolute Gasteiger partial charge is 0.405 e. The number of benzene rings is 6. The number of aromatic nitrogens is 2. The van der Waals surface area contributed by atoms with Crippen LogP contribution in [0, 0.1) is 0 Å². The molecular weight excluding hydrogens is 573 g/mol. The molecule has 0 aliphatic heterocycles. The lowest BCUT2D eigenvalue weighted by molar-refractivity contribution is 0.660. The topological polar surface area (TPSA) is 48.2 Å². The molecule has 1 aliphatic carbocycles. The highest BCUT2D eigenvalue weighted by molar-refractivity contribution is 6.12. The third-order valence-corrected chi connectivity index (χ3v) is 10.1. The zero-order chi connectivity index (χ0) is 31.7. The summed E-state index contributed by atoms with van der Waals surface area (Å²) in [6.07, 6.45) is 3.50. The molecule has 0 unspecified atom stereocenters. The molecule has 2 heterocycles. The molecule has 4 heteroatoms. The third kappa shape index (κ3) is 4.04. The Labute approximate surface area is 273 Å². The van der Waals surface area contributed by atoms with Gasteiger partial charge in [-0.3, -0.25) is 4.99 Å². The summed E-state index contributed by atoms with van der Waals surface area (Å²) >= 11 is 0. The molecule has 4 nitrogen and oxygen atoms in total. The maximum atomic E-state index is 6.04. The number of hydrogen-bond acceptors (Lipinski definition) is 2. The number of hydrogen-bond donors (Lipinski definition) is 1. The Hall–Kier alpha value is -5.87. The SMILES string of the molecule is CC1(C)c2ccccc2-c2cc3c4ccccc4n(CN=C(/C=C\N)c4cccc(-n5c6ccccc6c6ccccc65)c4)c3cc21. The van der Waals surface area contributed by atoms with Gasteiger partial charge in [-0.05, 0) is 77.0 Å². The number of rotatable bonds is 5. The Morgan fingerprint density at radius 2 is 1.26 bits per heavy atom. The van der Waals surface area contributed by atoms with E-state index in [1.807, 2.05) is 6.08 Å². The lowest BCUT2D eigenvalue weighted by Crippen LogP contribution is -2.15. The van der Waals surface area contributed by atoms with E-state index in [4.69, 9.17) is 10.7 Å². The predicted octanol–water partition coefficient (Wildman–Crippen LogP) is 10.1. The van der Waals surface area contributed by atoms with Crippen LogP contribution in [-0.2, 0) is 12.1 Å². The molecule has 0 spiro atoms. The molecule has 226 valence electrons. The van der Waals surface area contributed by atoms with Crippen molar-refractivity contribution in [2.75, 3.05) is 0 Å². The second-order valence-electron chi connectivity index (χ2n) is 13.0. The summed E-state index contributed by atoms with van der Waals surface area (Å²) in [6.45, 7) is 5.14. The van der Waals surface area contributed by atoms with Crippen molar-refractivity contribution < 1.29 is 0 Å². The van der Waals surface area contributed by atoms with Crippen LogP contribution in [0.25, 0.3) is 60.4 Å². The summed E-state index contributed by atoms with van der Waals surface area (Å²) < 4.78 is 4.69. The van der Waals surface area contributed by atoms with Crippen molar-refractivity contribution in [3.05, 3.63) is 162 Å². The molecule has 1 aliphatic rings. The predicted molar refractivity (Wildman–Crippen MR) is 198 cm³/mol. The highest BCUT2D eigenvalue weighted by atomic mass is 15.1. The molecule has 0 atom stereocenters. The second-order valence-corrected chi connectivity index (χ2v) is 13.0. The second kappa shape index (κ2) is 10.3. The minimum atomic E-state index is -0.0780. The van der Waals surface area contributed by atoms with E-state index < -0.39 is 0 Å². The average molecular weight is 607 g/mol. The molecule has 6 aromatic carbocycles. The monoisotopic (exact) mass is 606 g/mol. The molecule has 47 heavy (non-hydrogen) atoms. The van der Waals surface area contributed by atoms with E-state index in [1.165, 1.54) is 65.9 Å². The normalized spacial score (nSPS) is 14.1. The highest BCUT2D eigenvalue weighted by Gasteiger charge is 2.36. The van der Waals surface area contributed by atoms with Crippen LogP contribution in [0.15, 0.2) is 151 Å². The lowest BCUT2D eigenvalue weighted by Gasteiger charge is -2.21. The van der Waals surface area contributed by atoms with Gasteiger partial charge in [0.15, 0.2) is 0 Å². The molecular formula is C43H34N4. The minimum absolute atomic E-state index is 0.0780. The number of para-hydroxylation sites is 3. The van der Waals surface area contributed by atoms with Crippen molar-refractivity contribution in [3.63, 3.8) is 0 Å². The summed E-state index contributed by atoms with van der Waals surface area (Å²) in [6, 6.07) is 48.1. The van der Waals surface area contributed by atoms with E-state index >= 15 is 0 Å². The number of fused-ring (bicyclic) bond motifs is 9. The molecule has 0 saturated carbocycles. The van der Waals surface area contributed by atoms with E-state index in [0.717, 1.165) is 17.0 Å². The zero-order valence-corrected chi connectivity index (χ0v) is 26.5. The van der Waals surface area contributed by atoms with Gasteiger partial charge in [0.05, 0.1) is 27.8 Å². The van der Waals surface area contributed by atoms with E-state index in [1.54, 1.807) is 6.20 Å². The smallest absolute Gasteiger partial charge is 0.115 e. The third-order valence-electron chi connectivity index (χ3n) is 10.1. The fraction of sp³-hybridized carbons (Fsp3) is 0.0930. The van der Waals surface area contributed by atoms with Crippen molar-refractivity contribution in [2.24, 2.45) is 10.7 Å². The van der Waals surface area contributed by atoms with Crippen LogP contribution in [0.5, 0.6) is 0 Å². The van der Waals surface area contributed by atoms with Crippen molar-refractivity contribution in [3.8, 4) is 16.8 Å². The molecule has 2 N–H and O–H groups in total. The van der Waals surface area contributed by atoms with Crippen molar-refractivity contribution in [2.45, 2.75) is 25.9 Å². The van der Waals surface area contributed by atoms with Crippen molar-refractivity contribution in [1.29, 1.82) is 0 Å². The van der Waals surface area contributed by atoms with Crippen LogP contribution in [0.4, 0.5) is 0 Å². The van der Waals surface area contributed by atoms with Gasteiger partial charge in [0, 0.05) is 38.2 Å². The molecule has 0 saturated heterocycles. The van der Waals surface area contributed by atoms with Gasteiger partial charge in [-0.2, -0.15) is 0 Å². The Balaban J connectivity index is 1.19. The van der Waals surface area contributed by atoms with Gasteiger partial charge in [0.25, 0.3) is 0 Å². The lowest BCUT2D eigenvalue weighted by atomic mass is 9.82. The van der Waals surface area contributed by atoms with Crippen LogP contribution >= 0.6 is 0 Å². The van der Waals surface area contributed by atoms with Crippen LogP contribution in [-0.4, -0.2) is 14.8 Å². The first-order chi connectivity index (χ1) is 23.0. The molecule has 0 amide bonds. The summed E-state index contributed by atoms with van der Waals surface area (Å²) in [5, 5.41) is 4.99. The maximum absolute atomic E-state index is 6.04. The van der Waals surface area contributed by atoms with Crippen LogP contribution in [0.3, 0.4) is 0 Å². The number of nitrogens with zero attached hydrogens (tertiary/aromatic N) is 3. The van der Waals surface area contributed by atoms with E-state index in [-0.39, 0.29) is 5.41 Å². The minimum Gasteiger partial charge on any atom is -0.405 e. The molecule has 0 fully saturated rings. The summed E-state index contributed by atoms with van der Waals surface area (Å²) in [7, 11) is 0. The molecule has 0 bridgehead atoms. The van der Waals surface area contributed by atoms with Crippen LogP contribution in [0.1, 0.15) is 30.5 Å². The Morgan fingerprint density at radius 3 is 1.98 bits per heavy atom. The summed E-state index contributed by atoms with van der Waals surface area (Å²) in [5.74, 6) is 0. The zero-order valence-electron chi connectivity index (χ0n) is 26.5. The quantitative estimate of drug-likeness (QED) is 0.195. The van der Waals surface area contributed by atoms with Gasteiger partial charge in [0.2, 0.25) is 0 Å². The maximum Gasteiger partial charge on any atom is 0.115 e. The van der Waals surface area contributed by atoms with Gasteiger partial charge < -0.3 is 14.9 Å². The summed E-state index contributed by atoms with van der Waals surface area (Å²) in [5.41, 5.74) is 19.1. The fourth-order valence-corrected chi connectivity index (χ4v) is 7.88. The molecule has 0 radical (unpaired) electrons. The van der Waals surface area contributed by atoms with Crippen molar-refractivity contribution in [1.82, 2.24) is 9.13 Å². The molecule has 8 aromatic rings. The van der Waals surface area contributed by atoms with Gasteiger partial charge in [-0.1, -0.05) is 105 Å².